The first-order valence-electron chi connectivity index (χ1n) is 8.15. The van der Waals surface area contributed by atoms with Crippen molar-refractivity contribution in [2.75, 3.05) is 0 Å². The van der Waals surface area contributed by atoms with E-state index >= 15 is 0 Å². The standard InChI is InChI=1S/C19H17N5OS/c1-4-8-24-17(14-7-9-25-13(14)3)22-23-19(24)26-18-15-10-12(2)5-6-16(15)20-11-21-18/h4-7,9-11H,1,8H2,2-3H3. The average Bonchev–Trinajstić information content (AvgIpc) is 3.22. The Morgan fingerprint density at radius 2 is 2.08 bits per heavy atom. The van der Waals surface area contributed by atoms with Crippen LogP contribution in [0.3, 0.4) is 0 Å². The lowest BCUT2D eigenvalue weighted by molar-refractivity contribution is 0.534. The summed E-state index contributed by atoms with van der Waals surface area (Å²) >= 11 is 1.48. The molecule has 0 N–H and O–H groups in total. The number of benzene rings is 1. The van der Waals surface area contributed by atoms with Gasteiger partial charge >= 0.3 is 0 Å². The van der Waals surface area contributed by atoms with Gasteiger partial charge in [-0.25, -0.2) is 9.97 Å². The Kier molecular flexibility index (Phi) is 4.30. The lowest BCUT2D eigenvalue weighted by Crippen LogP contribution is -2.01. The van der Waals surface area contributed by atoms with Gasteiger partial charge in [0.25, 0.3) is 0 Å². The molecule has 1 aromatic carbocycles. The molecule has 4 rings (SSSR count). The van der Waals surface area contributed by atoms with Gasteiger partial charge in [0, 0.05) is 11.9 Å². The highest BCUT2D eigenvalue weighted by molar-refractivity contribution is 7.99. The molecule has 0 aliphatic carbocycles. The first-order valence-corrected chi connectivity index (χ1v) is 8.97. The van der Waals surface area contributed by atoms with Gasteiger partial charge in [0.2, 0.25) is 0 Å². The van der Waals surface area contributed by atoms with E-state index in [1.54, 1.807) is 12.6 Å². The van der Waals surface area contributed by atoms with E-state index in [9.17, 15) is 0 Å². The topological polar surface area (TPSA) is 69.6 Å². The molecule has 0 unspecified atom stereocenters. The Bertz CT molecular complexity index is 1100. The maximum Gasteiger partial charge on any atom is 0.198 e. The first kappa shape index (κ1) is 16.5. The minimum absolute atomic E-state index is 0.595. The van der Waals surface area contributed by atoms with Crippen LogP contribution in [0.5, 0.6) is 0 Å². The highest BCUT2D eigenvalue weighted by Gasteiger charge is 2.18. The molecule has 0 aliphatic heterocycles. The molecule has 0 saturated heterocycles. The molecule has 3 aromatic heterocycles. The van der Waals surface area contributed by atoms with Gasteiger partial charge in [0.1, 0.15) is 17.1 Å². The van der Waals surface area contributed by atoms with Crippen LogP contribution in [0.25, 0.3) is 22.3 Å². The summed E-state index contributed by atoms with van der Waals surface area (Å²) in [7, 11) is 0. The zero-order valence-electron chi connectivity index (χ0n) is 14.5. The maximum absolute atomic E-state index is 5.42. The summed E-state index contributed by atoms with van der Waals surface area (Å²) in [5.74, 6) is 1.57. The zero-order chi connectivity index (χ0) is 18.1. The first-order chi connectivity index (χ1) is 12.7. The van der Waals surface area contributed by atoms with Crippen LogP contribution in [0.1, 0.15) is 11.3 Å². The Balaban J connectivity index is 1.80. The van der Waals surface area contributed by atoms with Crippen LogP contribution < -0.4 is 0 Å². The van der Waals surface area contributed by atoms with Crippen molar-refractivity contribution in [1.29, 1.82) is 0 Å². The molecule has 0 fully saturated rings. The number of fused-ring (bicyclic) bond motifs is 1. The molecule has 26 heavy (non-hydrogen) atoms. The third kappa shape index (κ3) is 2.90. The second-order valence-corrected chi connectivity index (χ2v) is 6.85. The van der Waals surface area contributed by atoms with Crippen LogP contribution in [0, 0.1) is 13.8 Å². The Morgan fingerprint density at radius 1 is 1.19 bits per heavy atom. The number of nitrogens with zero attached hydrogens (tertiary/aromatic N) is 5. The fourth-order valence-corrected chi connectivity index (χ4v) is 3.69. The molecule has 0 saturated carbocycles. The number of hydrogen-bond donors (Lipinski definition) is 0. The van der Waals surface area contributed by atoms with Crippen LogP contribution in [0.4, 0.5) is 0 Å². The zero-order valence-corrected chi connectivity index (χ0v) is 15.3. The lowest BCUT2D eigenvalue weighted by Gasteiger charge is -2.08. The molecule has 3 heterocycles. The quantitative estimate of drug-likeness (QED) is 0.386. The second-order valence-electron chi connectivity index (χ2n) is 5.90. The van der Waals surface area contributed by atoms with Gasteiger partial charge in [-0.2, -0.15) is 0 Å². The van der Waals surface area contributed by atoms with E-state index < -0.39 is 0 Å². The highest BCUT2D eigenvalue weighted by Crippen LogP contribution is 2.33. The molecule has 7 heteroatoms. The van der Waals surface area contributed by atoms with Crippen molar-refractivity contribution >= 4 is 22.7 Å². The molecular formula is C19H17N5OS. The van der Waals surface area contributed by atoms with E-state index in [-0.39, 0.29) is 0 Å². The molecule has 0 radical (unpaired) electrons. The minimum Gasteiger partial charge on any atom is -0.469 e. The Morgan fingerprint density at radius 3 is 2.85 bits per heavy atom. The summed E-state index contributed by atoms with van der Waals surface area (Å²) < 4.78 is 7.43. The van der Waals surface area contributed by atoms with Crippen LogP contribution in [0.2, 0.25) is 0 Å². The van der Waals surface area contributed by atoms with Crippen LogP contribution in [0.15, 0.2) is 64.1 Å². The molecule has 0 atom stereocenters. The Labute approximate surface area is 155 Å². The van der Waals surface area contributed by atoms with Crippen LogP contribution >= 0.6 is 11.8 Å². The lowest BCUT2D eigenvalue weighted by atomic mass is 10.2. The highest BCUT2D eigenvalue weighted by atomic mass is 32.2. The third-order valence-electron chi connectivity index (χ3n) is 4.07. The number of rotatable bonds is 5. The van der Waals surface area contributed by atoms with E-state index in [0.717, 1.165) is 43.8 Å². The SMILES string of the molecule is C=CCn1c(Sc2ncnc3ccc(C)cc23)nnc1-c1ccoc1C. The van der Waals surface area contributed by atoms with Gasteiger partial charge in [-0.1, -0.05) is 17.7 Å². The molecule has 0 bridgehead atoms. The van der Waals surface area contributed by atoms with Gasteiger partial charge < -0.3 is 4.42 Å². The average molecular weight is 363 g/mol. The van der Waals surface area contributed by atoms with Crippen molar-refractivity contribution in [3.05, 3.63) is 60.8 Å². The van der Waals surface area contributed by atoms with Gasteiger partial charge in [-0.05, 0) is 43.8 Å². The smallest absolute Gasteiger partial charge is 0.198 e. The minimum atomic E-state index is 0.595. The number of aromatic nitrogens is 5. The Hall–Kier alpha value is -2.93. The van der Waals surface area contributed by atoms with Gasteiger partial charge in [0.15, 0.2) is 11.0 Å². The van der Waals surface area contributed by atoms with Crippen molar-refractivity contribution < 1.29 is 4.42 Å². The van der Waals surface area contributed by atoms with E-state index in [1.165, 1.54) is 11.8 Å². The maximum atomic E-state index is 5.42. The van der Waals surface area contributed by atoms with Crippen molar-refractivity contribution in [2.45, 2.75) is 30.6 Å². The molecule has 0 amide bonds. The van der Waals surface area contributed by atoms with Crippen LogP contribution in [-0.2, 0) is 6.54 Å². The van der Waals surface area contributed by atoms with Crippen molar-refractivity contribution in [2.24, 2.45) is 0 Å². The fourth-order valence-electron chi connectivity index (χ4n) is 2.79. The normalized spacial score (nSPS) is 11.2. The van der Waals surface area contributed by atoms with Crippen molar-refractivity contribution in [3.8, 4) is 11.4 Å². The summed E-state index contributed by atoms with van der Waals surface area (Å²) in [6.45, 7) is 8.42. The predicted molar refractivity (Wildman–Crippen MR) is 101 cm³/mol. The van der Waals surface area contributed by atoms with Gasteiger partial charge in [-0.3, -0.25) is 4.57 Å². The molecule has 6 nitrogen and oxygen atoms in total. The van der Waals surface area contributed by atoms with E-state index in [4.69, 9.17) is 4.42 Å². The number of allylic oxidation sites excluding steroid dienone is 1. The summed E-state index contributed by atoms with van der Waals surface area (Å²) in [6, 6.07) is 8.04. The number of furan rings is 1. The van der Waals surface area contributed by atoms with Crippen LogP contribution in [-0.4, -0.2) is 24.7 Å². The molecular weight excluding hydrogens is 346 g/mol. The van der Waals surface area contributed by atoms with Gasteiger partial charge in [-0.15, -0.1) is 16.8 Å². The van der Waals surface area contributed by atoms with Crippen molar-refractivity contribution in [1.82, 2.24) is 24.7 Å². The third-order valence-corrected chi connectivity index (χ3v) is 5.07. The van der Waals surface area contributed by atoms with E-state index in [1.807, 2.05) is 35.8 Å². The summed E-state index contributed by atoms with van der Waals surface area (Å²) in [5, 5.41) is 11.4. The summed E-state index contributed by atoms with van der Waals surface area (Å²) in [4.78, 5) is 8.81. The van der Waals surface area contributed by atoms with E-state index in [0.29, 0.717) is 6.54 Å². The van der Waals surface area contributed by atoms with Gasteiger partial charge in [0.05, 0.1) is 17.3 Å². The largest absolute Gasteiger partial charge is 0.469 e. The monoisotopic (exact) mass is 363 g/mol. The predicted octanol–water partition coefficient (Wildman–Crippen LogP) is 4.44. The van der Waals surface area contributed by atoms with Crippen molar-refractivity contribution in [3.63, 3.8) is 0 Å². The molecule has 0 spiro atoms. The second kappa shape index (κ2) is 6.76. The molecule has 4 aromatic rings. The summed E-state index contributed by atoms with van der Waals surface area (Å²) in [5.41, 5.74) is 3.00. The number of aryl methyl sites for hydroxylation is 2. The fraction of sp³-hybridized carbons (Fsp3) is 0.158. The molecule has 0 aliphatic rings. The summed E-state index contributed by atoms with van der Waals surface area (Å²) in [6.07, 6.45) is 5.06. The number of hydrogen-bond acceptors (Lipinski definition) is 6. The van der Waals surface area contributed by atoms with E-state index in [2.05, 4.69) is 39.7 Å². The molecule has 130 valence electrons.